The number of nitrogens with one attached hydrogen (secondary N) is 1. The Morgan fingerprint density at radius 3 is 3.12 bits per heavy atom. The molecular weight excluding hydrogens is 222 g/mol. The van der Waals surface area contributed by atoms with Gasteiger partial charge in [-0.25, -0.2) is 0 Å². The summed E-state index contributed by atoms with van der Waals surface area (Å²) < 4.78 is 10.4. The quantitative estimate of drug-likeness (QED) is 0.807. The summed E-state index contributed by atoms with van der Waals surface area (Å²) in [6.07, 6.45) is 1.51. The number of nitrogens with zero attached hydrogens (tertiary/aromatic N) is 2. The molecule has 1 atom stereocenters. The van der Waals surface area contributed by atoms with E-state index in [0.29, 0.717) is 24.5 Å². The van der Waals surface area contributed by atoms with Gasteiger partial charge in [-0.15, -0.1) is 0 Å². The van der Waals surface area contributed by atoms with E-state index < -0.39 is 0 Å². The molecule has 94 valence electrons. The molecule has 2 heterocycles. The topological polar surface area (TPSA) is 67.6 Å². The molecule has 1 unspecified atom stereocenters. The Labute approximate surface area is 99.9 Å². The van der Waals surface area contributed by atoms with Gasteiger partial charge in [0.2, 0.25) is 0 Å². The highest BCUT2D eigenvalue weighted by molar-refractivity contribution is 5.94. The van der Waals surface area contributed by atoms with Crippen molar-refractivity contribution < 1.29 is 14.1 Å². The zero-order valence-corrected chi connectivity index (χ0v) is 10.1. The van der Waals surface area contributed by atoms with E-state index in [1.165, 1.54) is 6.20 Å². The van der Waals surface area contributed by atoms with Crippen molar-refractivity contribution in [1.82, 2.24) is 15.4 Å². The number of morpholine rings is 1. The van der Waals surface area contributed by atoms with Crippen molar-refractivity contribution in [2.45, 2.75) is 13.0 Å². The van der Waals surface area contributed by atoms with Crippen molar-refractivity contribution in [3.8, 4) is 0 Å². The fourth-order valence-corrected chi connectivity index (χ4v) is 1.83. The average molecular weight is 239 g/mol. The number of hydrogen-bond donors (Lipinski definition) is 1. The van der Waals surface area contributed by atoms with Crippen molar-refractivity contribution in [3.63, 3.8) is 0 Å². The van der Waals surface area contributed by atoms with Crippen LogP contribution in [0.3, 0.4) is 0 Å². The fourth-order valence-electron chi connectivity index (χ4n) is 1.83. The van der Waals surface area contributed by atoms with Gasteiger partial charge in [-0.3, -0.25) is 4.79 Å². The summed E-state index contributed by atoms with van der Waals surface area (Å²) in [5, 5.41) is 6.84. The number of carbonyl (C=O) groups is 1. The van der Waals surface area contributed by atoms with Gasteiger partial charge in [-0.2, -0.15) is 0 Å². The first-order chi connectivity index (χ1) is 8.18. The Hall–Kier alpha value is -1.40. The van der Waals surface area contributed by atoms with Gasteiger partial charge in [0.25, 0.3) is 5.91 Å². The lowest BCUT2D eigenvalue weighted by Crippen LogP contribution is -2.45. The maximum atomic E-state index is 12.1. The third kappa shape index (κ3) is 2.83. The molecule has 0 bridgehead atoms. The number of hydrogen-bond acceptors (Lipinski definition) is 5. The summed E-state index contributed by atoms with van der Waals surface area (Å²) in [6, 6.07) is 0. The largest absolute Gasteiger partial charge is 0.374 e. The van der Waals surface area contributed by atoms with Crippen molar-refractivity contribution in [1.29, 1.82) is 0 Å². The van der Waals surface area contributed by atoms with Crippen LogP contribution in [0, 0.1) is 6.92 Å². The van der Waals surface area contributed by atoms with Crippen LogP contribution in [0.4, 0.5) is 0 Å². The number of amides is 1. The molecule has 1 N–H and O–H groups in total. The predicted molar refractivity (Wildman–Crippen MR) is 60.8 cm³/mol. The number of carbonyl (C=O) groups excluding carboxylic acids is 1. The lowest BCUT2D eigenvalue weighted by molar-refractivity contribution is 0.0103. The van der Waals surface area contributed by atoms with Crippen molar-refractivity contribution in [2.75, 3.05) is 33.3 Å². The third-order valence-electron chi connectivity index (χ3n) is 2.81. The Kier molecular flexibility index (Phi) is 3.75. The molecule has 6 heteroatoms. The molecule has 0 saturated carbocycles. The fraction of sp³-hybridized carbons (Fsp3) is 0.636. The van der Waals surface area contributed by atoms with Gasteiger partial charge in [0.05, 0.1) is 18.9 Å². The molecule has 1 saturated heterocycles. The molecule has 0 radical (unpaired) electrons. The second-order valence-corrected chi connectivity index (χ2v) is 4.18. The van der Waals surface area contributed by atoms with E-state index in [1.807, 2.05) is 0 Å². The van der Waals surface area contributed by atoms with E-state index >= 15 is 0 Å². The molecule has 1 aromatic heterocycles. The number of ether oxygens (including phenoxy) is 1. The highest BCUT2D eigenvalue weighted by Crippen LogP contribution is 2.10. The summed E-state index contributed by atoms with van der Waals surface area (Å²) in [5.74, 6) is 0.461. The van der Waals surface area contributed by atoms with Crippen LogP contribution in [0.5, 0.6) is 0 Å². The van der Waals surface area contributed by atoms with Crippen LogP contribution in [0.2, 0.25) is 0 Å². The molecule has 0 aliphatic carbocycles. The molecule has 1 aliphatic heterocycles. The summed E-state index contributed by atoms with van der Waals surface area (Å²) in [7, 11) is 1.76. The summed E-state index contributed by atoms with van der Waals surface area (Å²) in [4.78, 5) is 13.7. The van der Waals surface area contributed by atoms with E-state index in [-0.39, 0.29) is 12.0 Å². The van der Waals surface area contributed by atoms with Gasteiger partial charge >= 0.3 is 0 Å². The van der Waals surface area contributed by atoms with Gasteiger partial charge in [-0.1, -0.05) is 5.16 Å². The minimum Gasteiger partial charge on any atom is -0.374 e. The van der Waals surface area contributed by atoms with Crippen LogP contribution in [0.15, 0.2) is 10.7 Å². The van der Waals surface area contributed by atoms with Gasteiger partial charge in [-0.05, 0) is 6.92 Å². The van der Waals surface area contributed by atoms with E-state index in [9.17, 15) is 4.79 Å². The first-order valence-corrected chi connectivity index (χ1v) is 5.67. The molecule has 0 aromatic carbocycles. The zero-order chi connectivity index (χ0) is 12.3. The van der Waals surface area contributed by atoms with Gasteiger partial charge < -0.3 is 19.5 Å². The number of likely N-dealkylation sites (N-methyl/N-ethyl adjacent to an activating group) is 1. The number of rotatable bonds is 3. The molecule has 0 spiro atoms. The zero-order valence-electron chi connectivity index (χ0n) is 10.1. The van der Waals surface area contributed by atoms with Crippen LogP contribution in [-0.2, 0) is 4.74 Å². The van der Waals surface area contributed by atoms with Crippen molar-refractivity contribution >= 4 is 5.91 Å². The predicted octanol–water partition coefficient (Wildman–Crippen LogP) is 0.0434. The maximum Gasteiger partial charge on any atom is 0.258 e. The summed E-state index contributed by atoms with van der Waals surface area (Å²) >= 11 is 0. The monoisotopic (exact) mass is 239 g/mol. The molecule has 6 nitrogen and oxygen atoms in total. The molecule has 1 amide bonds. The Morgan fingerprint density at radius 2 is 2.53 bits per heavy atom. The minimum atomic E-state index is -0.0853. The molecule has 2 rings (SSSR count). The second-order valence-electron chi connectivity index (χ2n) is 4.18. The van der Waals surface area contributed by atoms with Crippen LogP contribution >= 0.6 is 0 Å². The van der Waals surface area contributed by atoms with Gasteiger partial charge in [0, 0.05) is 26.7 Å². The Morgan fingerprint density at radius 1 is 1.71 bits per heavy atom. The van der Waals surface area contributed by atoms with E-state index in [1.54, 1.807) is 18.9 Å². The molecular formula is C11H17N3O3. The van der Waals surface area contributed by atoms with Crippen LogP contribution in [0.25, 0.3) is 0 Å². The Balaban J connectivity index is 1.93. The molecule has 1 aromatic rings. The highest BCUT2D eigenvalue weighted by Gasteiger charge is 2.21. The van der Waals surface area contributed by atoms with E-state index in [0.717, 1.165) is 13.1 Å². The minimum absolute atomic E-state index is 0.0536. The molecule has 1 fully saturated rings. The third-order valence-corrected chi connectivity index (χ3v) is 2.81. The second kappa shape index (κ2) is 5.29. The average Bonchev–Trinajstić information content (AvgIpc) is 2.76. The lowest BCUT2D eigenvalue weighted by Gasteiger charge is -2.27. The van der Waals surface area contributed by atoms with Crippen molar-refractivity contribution in [3.05, 3.63) is 17.5 Å². The normalized spacial score (nSPS) is 20.2. The first kappa shape index (κ1) is 12.1. The van der Waals surface area contributed by atoms with Gasteiger partial charge in [0.15, 0.2) is 0 Å². The van der Waals surface area contributed by atoms with Crippen molar-refractivity contribution in [2.24, 2.45) is 0 Å². The lowest BCUT2D eigenvalue weighted by atomic mass is 10.2. The first-order valence-electron chi connectivity index (χ1n) is 5.67. The SMILES string of the molecule is Cc1oncc1C(=O)N(C)CC1CNCCO1. The smallest absolute Gasteiger partial charge is 0.258 e. The van der Waals surface area contributed by atoms with E-state index in [4.69, 9.17) is 9.26 Å². The number of aryl methyl sites for hydroxylation is 1. The van der Waals surface area contributed by atoms with E-state index in [2.05, 4.69) is 10.5 Å². The summed E-state index contributed by atoms with van der Waals surface area (Å²) in [5.41, 5.74) is 0.510. The standard InChI is InChI=1S/C11H17N3O3/c1-8-10(6-13-17-8)11(15)14(2)7-9-5-12-3-4-16-9/h6,9,12H,3-5,7H2,1-2H3. The molecule has 1 aliphatic rings. The molecule has 17 heavy (non-hydrogen) atoms. The van der Waals surface area contributed by atoms with Gasteiger partial charge in [0.1, 0.15) is 11.3 Å². The van der Waals surface area contributed by atoms with Crippen LogP contribution in [-0.4, -0.2) is 55.4 Å². The highest BCUT2D eigenvalue weighted by atomic mass is 16.5. The van der Waals surface area contributed by atoms with Crippen LogP contribution < -0.4 is 5.32 Å². The maximum absolute atomic E-state index is 12.1. The number of aromatic nitrogens is 1. The van der Waals surface area contributed by atoms with Crippen LogP contribution in [0.1, 0.15) is 16.1 Å². The summed E-state index contributed by atoms with van der Waals surface area (Å²) in [6.45, 7) is 4.64. The Bertz CT molecular complexity index is 385.